The van der Waals surface area contributed by atoms with Crippen molar-refractivity contribution in [3.63, 3.8) is 0 Å². The topological polar surface area (TPSA) is 67.8 Å². The molecule has 2 rings (SSSR count). The van der Waals surface area contributed by atoms with Gasteiger partial charge in [0.2, 0.25) is 0 Å². The van der Waals surface area contributed by atoms with Crippen LogP contribution < -0.4 is 5.32 Å². The monoisotopic (exact) mass is 424 g/mol. The minimum Gasteiger partial charge on any atom is -0.304 e. The van der Waals surface area contributed by atoms with Gasteiger partial charge in [-0.25, -0.2) is 15.0 Å². The van der Waals surface area contributed by atoms with Crippen molar-refractivity contribution in [3.8, 4) is 0 Å². The molecule has 1 N–H and O–H groups in total. The van der Waals surface area contributed by atoms with Gasteiger partial charge in [-0.2, -0.15) is 0 Å². The molecule has 0 saturated heterocycles. The van der Waals surface area contributed by atoms with Gasteiger partial charge in [-0.1, -0.05) is 23.2 Å². The Balaban J connectivity index is 2.23. The predicted molar refractivity (Wildman–Crippen MR) is 79.6 cm³/mol. The van der Waals surface area contributed by atoms with Gasteiger partial charge in [0, 0.05) is 6.20 Å². The van der Waals surface area contributed by atoms with Crippen LogP contribution in [0.25, 0.3) is 0 Å². The number of halogens is 4. The van der Waals surface area contributed by atoms with E-state index in [9.17, 15) is 4.79 Å². The number of amides is 1. The molecule has 5 nitrogen and oxygen atoms in total. The molecule has 0 aliphatic rings. The number of carbonyl (C=O) groups excluding carboxylic acids is 1. The second-order valence-electron chi connectivity index (χ2n) is 3.28. The summed E-state index contributed by atoms with van der Waals surface area (Å²) in [6.07, 6.45) is 2.79. The molecule has 9 heteroatoms. The predicted octanol–water partition coefficient (Wildman–Crippen LogP) is 3.96. The SMILES string of the molecule is O=C(Nc1ncc(Br)nc1Br)c1cnc(Cl)c(Cl)c1. The first kappa shape index (κ1) is 14.6. The van der Waals surface area contributed by atoms with Crippen LogP contribution in [0.3, 0.4) is 0 Å². The Kier molecular flexibility index (Phi) is 4.72. The van der Waals surface area contributed by atoms with Crippen molar-refractivity contribution in [1.82, 2.24) is 15.0 Å². The molecule has 0 saturated carbocycles. The number of nitrogens with zero attached hydrogens (tertiary/aromatic N) is 3. The van der Waals surface area contributed by atoms with E-state index in [1.54, 1.807) is 0 Å². The van der Waals surface area contributed by atoms with Gasteiger partial charge >= 0.3 is 0 Å². The minimum absolute atomic E-state index is 0.142. The highest BCUT2D eigenvalue weighted by molar-refractivity contribution is 9.11. The molecule has 19 heavy (non-hydrogen) atoms. The molecule has 2 heterocycles. The number of pyridine rings is 1. The van der Waals surface area contributed by atoms with E-state index in [0.717, 1.165) is 0 Å². The Bertz CT molecular complexity index is 653. The van der Waals surface area contributed by atoms with E-state index in [0.29, 0.717) is 15.0 Å². The zero-order chi connectivity index (χ0) is 14.0. The van der Waals surface area contributed by atoms with Crippen LogP contribution in [-0.2, 0) is 0 Å². The lowest BCUT2D eigenvalue weighted by Crippen LogP contribution is -2.14. The molecular formula is C10H4Br2Cl2N4O. The third-order valence-electron chi connectivity index (χ3n) is 1.99. The standard InChI is InChI=1S/C10H4Br2Cl2N4O/c11-6-3-16-9(7(12)17-6)18-10(19)4-1-5(13)8(14)15-2-4/h1-3H,(H,16,18,19). The molecule has 0 bridgehead atoms. The van der Waals surface area contributed by atoms with Gasteiger partial charge in [-0.05, 0) is 37.9 Å². The van der Waals surface area contributed by atoms with Crippen LogP contribution in [0.2, 0.25) is 10.2 Å². The van der Waals surface area contributed by atoms with Crippen molar-refractivity contribution >= 4 is 66.8 Å². The number of aromatic nitrogens is 3. The largest absolute Gasteiger partial charge is 0.304 e. The van der Waals surface area contributed by atoms with Crippen LogP contribution in [0.5, 0.6) is 0 Å². The Labute approximate surface area is 135 Å². The van der Waals surface area contributed by atoms with E-state index in [1.165, 1.54) is 18.5 Å². The van der Waals surface area contributed by atoms with Crippen molar-refractivity contribution in [1.29, 1.82) is 0 Å². The molecule has 2 aromatic heterocycles. The fourth-order valence-corrected chi connectivity index (χ4v) is 2.34. The van der Waals surface area contributed by atoms with E-state index < -0.39 is 5.91 Å². The first-order valence-corrected chi connectivity index (χ1v) is 7.12. The smallest absolute Gasteiger partial charge is 0.258 e. The molecule has 98 valence electrons. The van der Waals surface area contributed by atoms with Gasteiger partial charge in [0.15, 0.2) is 5.82 Å². The maximum Gasteiger partial charge on any atom is 0.258 e. The molecule has 0 radical (unpaired) electrons. The second-order valence-corrected chi connectivity index (χ2v) is 5.61. The fraction of sp³-hybridized carbons (Fsp3) is 0. The number of anilines is 1. The third-order valence-corrected chi connectivity index (χ3v) is 3.61. The summed E-state index contributed by atoms with van der Waals surface area (Å²) < 4.78 is 0.955. The first-order valence-electron chi connectivity index (χ1n) is 4.78. The van der Waals surface area contributed by atoms with Crippen molar-refractivity contribution in [2.45, 2.75) is 0 Å². The maximum absolute atomic E-state index is 12.0. The number of hydrogen-bond acceptors (Lipinski definition) is 4. The number of rotatable bonds is 2. The van der Waals surface area contributed by atoms with Gasteiger partial charge in [0.05, 0.1) is 16.8 Å². The molecule has 0 fully saturated rings. The molecule has 0 spiro atoms. The van der Waals surface area contributed by atoms with Crippen LogP contribution in [0.4, 0.5) is 5.82 Å². The molecule has 0 aliphatic heterocycles. The van der Waals surface area contributed by atoms with Crippen LogP contribution in [0.15, 0.2) is 27.7 Å². The van der Waals surface area contributed by atoms with E-state index in [-0.39, 0.29) is 15.7 Å². The zero-order valence-electron chi connectivity index (χ0n) is 8.99. The van der Waals surface area contributed by atoms with Crippen molar-refractivity contribution in [2.75, 3.05) is 5.32 Å². The molecule has 0 unspecified atom stereocenters. The van der Waals surface area contributed by atoms with Crippen molar-refractivity contribution in [2.24, 2.45) is 0 Å². The molecule has 2 aromatic rings. The van der Waals surface area contributed by atoms with Crippen LogP contribution in [0.1, 0.15) is 10.4 Å². The summed E-state index contributed by atoms with van der Waals surface area (Å²) in [6, 6.07) is 1.42. The summed E-state index contributed by atoms with van der Waals surface area (Å²) in [5.74, 6) is -0.123. The van der Waals surface area contributed by atoms with Gasteiger partial charge in [0.25, 0.3) is 5.91 Å². The lowest BCUT2D eigenvalue weighted by atomic mass is 10.3. The van der Waals surface area contributed by atoms with Gasteiger partial charge < -0.3 is 5.32 Å². The van der Waals surface area contributed by atoms with Crippen LogP contribution in [0, 0.1) is 0 Å². The zero-order valence-corrected chi connectivity index (χ0v) is 13.7. The van der Waals surface area contributed by atoms with Gasteiger partial charge in [0.1, 0.15) is 14.4 Å². The highest BCUT2D eigenvalue weighted by Gasteiger charge is 2.12. The average molecular weight is 427 g/mol. The summed E-state index contributed by atoms with van der Waals surface area (Å²) in [7, 11) is 0. The van der Waals surface area contributed by atoms with Gasteiger partial charge in [-0.15, -0.1) is 0 Å². The second kappa shape index (κ2) is 6.13. The summed E-state index contributed by atoms with van der Waals surface area (Å²) in [4.78, 5) is 23.8. The maximum atomic E-state index is 12.0. The fourth-order valence-electron chi connectivity index (χ4n) is 1.16. The van der Waals surface area contributed by atoms with E-state index in [4.69, 9.17) is 23.2 Å². The number of carbonyl (C=O) groups is 1. The first-order chi connectivity index (χ1) is 8.97. The normalized spacial score (nSPS) is 10.3. The molecular weight excluding hydrogens is 423 g/mol. The Morgan fingerprint density at radius 1 is 1.21 bits per heavy atom. The minimum atomic E-state index is -0.414. The summed E-state index contributed by atoms with van der Waals surface area (Å²) in [6.45, 7) is 0. The van der Waals surface area contributed by atoms with E-state index in [2.05, 4.69) is 52.1 Å². The summed E-state index contributed by atoms with van der Waals surface area (Å²) in [5, 5.41) is 2.92. The molecule has 1 amide bonds. The van der Waals surface area contributed by atoms with E-state index >= 15 is 0 Å². The van der Waals surface area contributed by atoms with Crippen molar-refractivity contribution in [3.05, 3.63) is 43.4 Å². The molecule has 0 aromatic carbocycles. The van der Waals surface area contributed by atoms with Gasteiger partial charge in [-0.3, -0.25) is 4.79 Å². The highest BCUT2D eigenvalue weighted by atomic mass is 79.9. The average Bonchev–Trinajstić information content (AvgIpc) is 2.36. The Morgan fingerprint density at radius 3 is 2.58 bits per heavy atom. The van der Waals surface area contributed by atoms with Crippen LogP contribution in [-0.4, -0.2) is 20.9 Å². The number of hydrogen-bond donors (Lipinski definition) is 1. The number of nitrogens with one attached hydrogen (secondary N) is 1. The molecule has 0 aliphatic carbocycles. The van der Waals surface area contributed by atoms with Crippen molar-refractivity contribution < 1.29 is 4.79 Å². The Hall–Kier alpha value is -0.760. The summed E-state index contributed by atoms with van der Waals surface area (Å²) >= 11 is 17.8. The molecule has 0 atom stereocenters. The van der Waals surface area contributed by atoms with Crippen LogP contribution >= 0.6 is 55.1 Å². The quantitative estimate of drug-likeness (QED) is 0.738. The highest BCUT2D eigenvalue weighted by Crippen LogP contribution is 2.22. The summed E-state index contributed by atoms with van der Waals surface area (Å²) in [5.41, 5.74) is 0.269. The lowest BCUT2D eigenvalue weighted by molar-refractivity contribution is 0.102. The van der Waals surface area contributed by atoms with E-state index in [1.807, 2.05) is 0 Å². The Morgan fingerprint density at radius 2 is 1.95 bits per heavy atom. The third kappa shape index (κ3) is 3.62. The lowest BCUT2D eigenvalue weighted by Gasteiger charge is -2.06.